The molecule has 102 valence electrons. The quantitative estimate of drug-likeness (QED) is 0.862. The van der Waals surface area contributed by atoms with Gasteiger partial charge in [0.15, 0.2) is 0 Å². The van der Waals surface area contributed by atoms with Gasteiger partial charge in [-0.1, -0.05) is 19.9 Å². The van der Waals surface area contributed by atoms with Crippen molar-refractivity contribution in [3.8, 4) is 5.75 Å². The molecule has 1 aromatic carbocycles. The number of benzene rings is 1. The van der Waals surface area contributed by atoms with Crippen LogP contribution >= 0.6 is 0 Å². The van der Waals surface area contributed by atoms with E-state index in [-0.39, 0.29) is 6.10 Å². The fourth-order valence-corrected chi connectivity index (χ4v) is 2.32. The van der Waals surface area contributed by atoms with Crippen LogP contribution in [0.25, 0.3) is 10.9 Å². The van der Waals surface area contributed by atoms with Crippen molar-refractivity contribution >= 4 is 10.9 Å². The standard InChI is InChI=1S/C16H22N2O/c1-4-15(17-5-2)12(3)19-14-9-8-13-7-6-10-18-16(13)11-14/h6-12,15,17H,4-5H2,1-3H3. The van der Waals surface area contributed by atoms with E-state index in [1.165, 1.54) is 0 Å². The van der Waals surface area contributed by atoms with Crippen LogP contribution in [0.1, 0.15) is 27.2 Å². The number of aromatic nitrogens is 1. The van der Waals surface area contributed by atoms with Gasteiger partial charge in [0.25, 0.3) is 0 Å². The van der Waals surface area contributed by atoms with Crippen LogP contribution in [-0.2, 0) is 0 Å². The first-order valence-corrected chi connectivity index (χ1v) is 6.99. The van der Waals surface area contributed by atoms with E-state index in [1.54, 1.807) is 0 Å². The summed E-state index contributed by atoms with van der Waals surface area (Å²) in [7, 11) is 0. The second-order valence-electron chi connectivity index (χ2n) is 4.75. The average Bonchev–Trinajstić information content (AvgIpc) is 2.44. The van der Waals surface area contributed by atoms with Crippen LogP contribution in [0.2, 0.25) is 0 Å². The van der Waals surface area contributed by atoms with Gasteiger partial charge < -0.3 is 10.1 Å². The molecule has 0 fully saturated rings. The van der Waals surface area contributed by atoms with Gasteiger partial charge in [0.1, 0.15) is 11.9 Å². The van der Waals surface area contributed by atoms with Crippen LogP contribution < -0.4 is 10.1 Å². The average molecular weight is 258 g/mol. The highest BCUT2D eigenvalue weighted by Gasteiger charge is 2.15. The maximum absolute atomic E-state index is 6.03. The Bertz CT molecular complexity index is 527. The van der Waals surface area contributed by atoms with Crippen molar-refractivity contribution in [1.29, 1.82) is 0 Å². The van der Waals surface area contributed by atoms with Gasteiger partial charge >= 0.3 is 0 Å². The molecule has 3 heteroatoms. The first-order valence-electron chi connectivity index (χ1n) is 6.99. The maximum atomic E-state index is 6.03. The van der Waals surface area contributed by atoms with Crippen molar-refractivity contribution in [1.82, 2.24) is 10.3 Å². The van der Waals surface area contributed by atoms with Gasteiger partial charge in [-0.15, -0.1) is 0 Å². The molecule has 19 heavy (non-hydrogen) atoms. The molecule has 0 aliphatic rings. The van der Waals surface area contributed by atoms with Crippen molar-refractivity contribution in [2.24, 2.45) is 0 Å². The number of rotatable bonds is 6. The first-order chi connectivity index (χ1) is 9.24. The molecular formula is C16H22N2O. The molecule has 2 aromatic rings. The minimum Gasteiger partial charge on any atom is -0.489 e. The third-order valence-electron chi connectivity index (χ3n) is 3.37. The minimum absolute atomic E-state index is 0.145. The third kappa shape index (κ3) is 3.44. The predicted octanol–water partition coefficient (Wildman–Crippen LogP) is 3.39. The van der Waals surface area contributed by atoms with Crippen molar-refractivity contribution in [2.45, 2.75) is 39.3 Å². The summed E-state index contributed by atoms with van der Waals surface area (Å²) in [5.74, 6) is 0.884. The van der Waals surface area contributed by atoms with Crippen LogP contribution in [0.3, 0.4) is 0 Å². The summed E-state index contributed by atoms with van der Waals surface area (Å²) in [4.78, 5) is 4.35. The normalized spacial score (nSPS) is 14.3. The van der Waals surface area contributed by atoms with E-state index in [0.717, 1.165) is 29.6 Å². The van der Waals surface area contributed by atoms with E-state index in [4.69, 9.17) is 4.74 Å². The number of nitrogens with zero attached hydrogens (tertiary/aromatic N) is 1. The van der Waals surface area contributed by atoms with Gasteiger partial charge in [-0.05, 0) is 38.1 Å². The topological polar surface area (TPSA) is 34.1 Å². The highest BCUT2D eigenvalue weighted by atomic mass is 16.5. The molecule has 0 aliphatic carbocycles. The summed E-state index contributed by atoms with van der Waals surface area (Å²) in [6, 6.07) is 10.5. The Balaban J connectivity index is 2.11. The van der Waals surface area contributed by atoms with Gasteiger partial charge in [-0.25, -0.2) is 0 Å². The predicted molar refractivity (Wildman–Crippen MR) is 79.6 cm³/mol. The van der Waals surface area contributed by atoms with Crippen molar-refractivity contribution in [3.63, 3.8) is 0 Å². The Morgan fingerprint density at radius 1 is 1.26 bits per heavy atom. The van der Waals surface area contributed by atoms with E-state index in [1.807, 2.05) is 24.4 Å². The number of hydrogen-bond donors (Lipinski definition) is 1. The summed E-state index contributed by atoms with van der Waals surface area (Å²) in [5, 5.41) is 4.59. The SMILES string of the molecule is CCNC(CC)C(C)Oc1ccc2cccnc2c1. The summed E-state index contributed by atoms with van der Waals surface area (Å²) in [5.41, 5.74) is 0.976. The van der Waals surface area contributed by atoms with Crippen LogP contribution in [0.15, 0.2) is 36.5 Å². The Hall–Kier alpha value is -1.61. The molecule has 0 saturated heterocycles. The second-order valence-corrected chi connectivity index (χ2v) is 4.75. The zero-order valence-electron chi connectivity index (χ0n) is 11.9. The summed E-state index contributed by atoms with van der Waals surface area (Å²) < 4.78 is 6.03. The van der Waals surface area contributed by atoms with Gasteiger partial charge in [-0.3, -0.25) is 4.98 Å². The number of nitrogens with one attached hydrogen (secondary N) is 1. The second kappa shape index (κ2) is 6.53. The molecular weight excluding hydrogens is 236 g/mol. The molecule has 0 aliphatic heterocycles. The number of hydrogen-bond acceptors (Lipinski definition) is 3. The fraction of sp³-hybridized carbons (Fsp3) is 0.438. The Morgan fingerprint density at radius 2 is 2.11 bits per heavy atom. The molecule has 0 radical (unpaired) electrons. The van der Waals surface area contributed by atoms with Crippen molar-refractivity contribution in [2.75, 3.05) is 6.54 Å². The summed E-state index contributed by atoms with van der Waals surface area (Å²) in [6.07, 6.45) is 3.01. The van der Waals surface area contributed by atoms with E-state index in [9.17, 15) is 0 Å². The van der Waals surface area contributed by atoms with Crippen molar-refractivity contribution in [3.05, 3.63) is 36.5 Å². The van der Waals surface area contributed by atoms with Crippen LogP contribution in [0, 0.1) is 0 Å². The first kappa shape index (κ1) is 13.8. The molecule has 1 N–H and O–H groups in total. The molecule has 0 amide bonds. The maximum Gasteiger partial charge on any atom is 0.121 e. The molecule has 0 bridgehead atoms. The lowest BCUT2D eigenvalue weighted by atomic mass is 10.1. The van der Waals surface area contributed by atoms with E-state index < -0.39 is 0 Å². The summed E-state index contributed by atoms with van der Waals surface area (Å²) >= 11 is 0. The lowest BCUT2D eigenvalue weighted by Crippen LogP contribution is -2.40. The zero-order chi connectivity index (χ0) is 13.7. The molecule has 3 nitrogen and oxygen atoms in total. The largest absolute Gasteiger partial charge is 0.489 e. The molecule has 1 aromatic heterocycles. The van der Waals surface area contributed by atoms with Crippen LogP contribution in [0.4, 0.5) is 0 Å². The lowest BCUT2D eigenvalue weighted by molar-refractivity contribution is 0.168. The van der Waals surface area contributed by atoms with E-state index in [2.05, 4.69) is 43.2 Å². The Kier molecular flexibility index (Phi) is 4.74. The van der Waals surface area contributed by atoms with Gasteiger partial charge in [-0.2, -0.15) is 0 Å². The Labute approximate surface area is 115 Å². The number of pyridine rings is 1. The van der Waals surface area contributed by atoms with Crippen molar-refractivity contribution < 1.29 is 4.74 Å². The number of likely N-dealkylation sites (N-methyl/N-ethyl adjacent to an activating group) is 1. The highest BCUT2D eigenvalue weighted by molar-refractivity contribution is 5.79. The highest BCUT2D eigenvalue weighted by Crippen LogP contribution is 2.20. The van der Waals surface area contributed by atoms with Gasteiger partial charge in [0, 0.05) is 23.7 Å². The molecule has 2 rings (SSSR count). The summed E-state index contributed by atoms with van der Waals surface area (Å²) in [6.45, 7) is 7.37. The van der Waals surface area contributed by atoms with E-state index in [0.29, 0.717) is 6.04 Å². The Morgan fingerprint density at radius 3 is 2.84 bits per heavy atom. The van der Waals surface area contributed by atoms with Gasteiger partial charge in [0.2, 0.25) is 0 Å². The number of fused-ring (bicyclic) bond motifs is 1. The molecule has 0 spiro atoms. The molecule has 2 atom stereocenters. The third-order valence-corrected chi connectivity index (χ3v) is 3.37. The molecule has 0 saturated carbocycles. The van der Waals surface area contributed by atoms with Crippen LogP contribution in [-0.4, -0.2) is 23.7 Å². The minimum atomic E-state index is 0.145. The molecule has 1 heterocycles. The zero-order valence-corrected chi connectivity index (χ0v) is 11.9. The number of ether oxygens (including phenoxy) is 1. The van der Waals surface area contributed by atoms with Crippen LogP contribution in [0.5, 0.6) is 5.75 Å². The van der Waals surface area contributed by atoms with E-state index >= 15 is 0 Å². The fourth-order valence-electron chi connectivity index (χ4n) is 2.32. The molecule has 2 unspecified atom stereocenters. The monoisotopic (exact) mass is 258 g/mol. The lowest BCUT2D eigenvalue weighted by Gasteiger charge is -2.24. The van der Waals surface area contributed by atoms with Gasteiger partial charge in [0.05, 0.1) is 5.52 Å². The smallest absolute Gasteiger partial charge is 0.121 e.